The third kappa shape index (κ3) is 3.19. The maximum absolute atomic E-state index is 12.0. The number of hydrogen-bond acceptors (Lipinski definition) is 5. The minimum atomic E-state index is -0.429. The van der Waals surface area contributed by atoms with Crippen molar-refractivity contribution < 1.29 is 9.53 Å². The second kappa shape index (κ2) is 7.09. The number of aryl methyl sites for hydroxylation is 1. The Morgan fingerprint density at radius 3 is 2.75 bits per heavy atom. The van der Waals surface area contributed by atoms with Crippen molar-refractivity contribution in [2.45, 2.75) is 13.5 Å². The third-order valence-corrected chi connectivity index (χ3v) is 3.35. The molecule has 0 N–H and O–H groups in total. The van der Waals surface area contributed by atoms with E-state index in [2.05, 4.69) is 10.3 Å². The first-order chi connectivity index (χ1) is 9.77. The van der Waals surface area contributed by atoms with Gasteiger partial charge in [-0.3, -0.25) is 0 Å². The van der Waals surface area contributed by atoms with Gasteiger partial charge in [-0.25, -0.2) is 9.48 Å². The van der Waals surface area contributed by atoms with Gasteiger partial charge in [0.25, 0.3) is 0 Å². The fraction of sp³-hybridized carbons (Fsp3) is 0.357. The second-order valence-electron chi connectivity index (χ2n) is 4.09. The lowest BCUT2D eigenvalue weighted by atomic mass is 10.1. The molecule has 0 saturated carbocycles. The van der Waals surface area contributed by atoms with E-state index in [9.17, 15) is 4.79 Å². The van der Waals surface area contributed by atoms with Crippen LogP contribution in [-0.4, -0.2) is 39.6 Å². The molecular weight excluding hydrogens is 274 g/mol. The van der Waals surface area contributed by atoms with Crippen LogP contribution in [0.2, 0.25) is 0 Å². The van der Waals surface area contributed by atoms with E-state index in [0.29, 0.717) is 13.2 Å². The van der Waals surface area contributed by atoms with Crippen molar-refractivity contribution in [1.29, 1.82) is 0 Å². The largest absolute Gasteiger partial charge is 0.461 e. The zero-order valence-corrected chi connectivity index (χ0v) is 12.4. The van der Waals surface area contributed by atoms with Gasteiger partial charge in [0, 0.05) is 11.3 Å². The average Bonchev–Trinajstić information content (AvgIpc) is 2.90. The maximum atomic E-state index is 12.0. The normalized spacial score (nSPS) is 10.5. The molecule has 0 aliphatic carbocycles. The second-order valence-corrected chi connectivity index (χ2v) is 5.07. The van der Waals surface area contributed by atoms with Crippen molar-refractivity contribution in [3.8, 4) is 11.3 Å². The highest BCUT2D eigenvalue weighted by Gasteiger charge is 2.21. The molecule has 1 aromatic carbocycles. The Balaban J connectivity index is 2.43. The van der Waals surface area contributed by atoms with Crippen LogP contribution >= 0.6 is 11.8 Å². The fourth-order valence-corrected chi connectivity index (χ4v) is 2.22. The number of thioether (sulfide) groups is 1. The molecule has 6 heteroatoms. The lowest BCUT2D eigenvalue weighted by Crippen LogP contribution is -2.09. The van der Waals surface area contributed by atoms with Crippen LogP contribution < -0.4 is 0 Å². The molecule has 0 spiro atoms. The van der Waals surface area contributed by atoms with Gasteiger partial charge in [-0.1, -0.05) is 35.5 Å². The maximum Gasteiger partial charge on any atom is 0.361 e. The number of nitrogens with zero attached hydrogens (tertiary/aromatic N) is 3. The van der Waals surface area contributed by atoms with E-state index in [4.69, 9.17) is 4.74 Å². The molecule has 2 aromatic rings. The van der Waals surface area contributed by atoms with Crippen LogP contribution in [-0.2, 0) is 11.3 Å². The highest BCUT2D eigenvalue weighted by Crippen LogP contribution is 2.23. The number of carbonyl (C=O) groups excluding carboxylic acids is 1. The molecule has 20 heavy (non-hydrogen) atoms. The standard InChI is InChI=1S/C14H17N3O2S/c1-3-19-14(18)12-13(11-7-5-4-6-8-11)17(16-15-12)9-10-20-2/h4-8H,3,9-10H2,1-2H3. The van der Waals surface area contributed by atoms with Crippen LogP contribution in [0.25, 0.3) is 11.3 Å². The summed E-state index contributed by atoms with van der Waals surface area (Å²) in [6.07, 6.45) is 2.03. The summed E-state index contributed by atoms with van der Waals surface area (Å²) in [5, 5.41) is 8.08. The number of carbonyl (C=O) groups is 1. The van der Waals surface area contributed by atoms with Crippen LogP contribution in [0.5, 0.6) is 0 Å². The SMILES string of the molecule is CCOC(=O)c1nnn(CCSC)c1-c1ccccc1. The van der Waals surface area contributed by atoms with E-state index in [-0.39, 0.29) is 5.69 Å². The quantitative estimate of drug-likeness (QED) is 0.765. The molecule has 0 amide bonds. The van der Waals surface area contributed by atoms with Crippen LogP contribution in [0.3, 0.4) is 0 Å². The predicted octanol–water partition coefficient (Wildman–Crippen LogP) is 2.48. The van der Waals surface area contributed by atoms with Crippen LogP contribution in [0, 0.1) is 0 Å². The lowest BCUT2D eigenvalue weighted by Gasteiger charge is -2.07. The zero-order chi connectivity index (χ0) is 14.4. The molecule has 106 valence electrons. The molecule has 0 bridgehead atoms. The molecule has 1 heterocycles. The average molecular weight is 291 g/mol. The van der Waals surface area contributed by atoms with Crippen molar-refractivity contribution in [3.63, 3.8) is 0 Å². The van der Waals surface area contributed by atoms with Crippen molar-refractivity contribution in [3.05, 3.63) is 36.0 Å². The van der Waals surface area contributed by atoms with Gasteiger partial charge < -0.3 is 4.74 Å². The smallest absolute Gasteiger partial charge is 0.361 e. The Morgan fingerprint density at radius 1 is 1.35 bits per heavy atom. The Bertz CT molecular complexity index is 569. The van der Waals surface area contributed by atoms with E-state index < -0.39 is 5.97 Å². The molecule has 5 nitrogen and oxygen atoms in total. The van der Waals surface area contributed by atoms with Crippen molar-refractivity contribution >= 4 is 17.7 Å². The van der Waals surface area contributed by atoms with E-state index >= 15 is 0 Å². The van der Waals surface area contributed by atoms with Crippen LogP contribution in [0.15, 0.2) is 30.3 Å². The van der Waals surface area contributed by atoms with Crippen molar-refractivity contribution in [2.75, 3.05) is 18.6 Å². The highest BCUT2D eigenvalue weighted by molar-refractivity contribution is 7.98. The monoisotopic (exact) mass is 291 g/mol. The zero-order valence-electron chi connectivity index (χ0n) is 11.6. The molecule has 0 saturated heterocycles. The van der Waals surface area contributed by atoms with Crippen molar-refractivity contribution in [2.24, 2.45) is 0 Å². The summed E-state index contributed by atoms with van der Waals surface area (Å²) in [5.74, 6) is 0.479. The number of ether oxygens (including phenoxy) is 1. The Morgan fingerprint density at radius 2 is 2.10 bits per heavy atom. The summed E-state index contributed by atoms with van der Waals surface area (Å²) in [5.41, 5.74) is 1.92. The first kappa shape index (κ1) is 14.6. The van der Waals surface area contributed by atoms with Gasteiger partial charge in [-0.15, -0.1) is 5.10 Å². The van der Waals surface area contributed by atoms with Crippen LogP contribution in [0.1, 0.15) is 17.4 Å². The first-order valence-electron chi connectivity index (χ1n) is 6.43. The van der Waals surface area contributed by atoms with Gasteiger partial charge in [0.15, 0.2) is 5.69 Å². The van der Waals surface area contributed by atoms with Gasteiger partial charge >= 0.3 is 5.97 Å². The number of aromatic nitrogens is 3. The highest BCUT2D eigenvalue weighted by atomic mass is 32.2. The van der Waals surface area contributed by atoms with Gasteiger partial charge in [0.05, 0.1) is 13.2 Å². The number of hydrogen-bond donors (Lipinski definition) is 0. The van der Waals surface area contributed by atoms with E-state index in [1.807, 2.05) is 36.6 Å². The van der Waals surface area contributed by atoms with E-state index in [1.165, 1.54) is 0 Å². The Labute approximate surface area is 122 Å². The summed E-state index contributed by atoms with van der Waals surface area (Å²) < 4.78 is 6.81. The minimum absolute atomic E-state index is 0.277. The summed E-state index contributed by atoms with van der Waals surface area (Å²) in [7, 11) is 0. The molecular formula is C14H17N3O2S. The van der Waals surface area contributed by atoms with Gasteiger partial charge in [-0.2, -0.15) is 11.8 Å². The molecule has 0 fully saturated rings. The summed E-state index contributed by atoms with van der Waals surface area (Å²) in [4.78, 5) is 12.0. The van der Waals surface area contributed by atoms with Gasteiger partial charge in [0.2, 0.25) is 0 Å². The summed E-state index contributed by atoms with van der Waals surface area (Å²) >= 11 is 1.72. The van der Waals surface area contributed by atoms with Gasteiger partial charge in [0.1, 0.15) is 5.69 Å². The molecule has 0 aliphatic rings. The fourth-order valence-electron chi connectivity index (χ4n) is 1.87. The van der Waals surface area contributed by atoms with Gasteiger partial charge in [-0.05, 0) is 13.2 Å². The Kier molecular flexibility index (Phi) is 5.17. The van der Waals surface area contributed by atoms with Crippen LogP contribution in [0.4, 0.5) is 0 Å². The molecule has 2 rings (SSSR count). The van der Waals surface area contributed by atoms with E-state index in [0.717, 1.165) is 17.0 Å². The van der Waals surface area contributed by atoms with Crippen molar-refractivity contribution in [1.82, 2.24) is 15.0 Å². The summed E-state index contributed by atoms with van der Waals surface area (Å²) in [6.45, 7) is 2.81. The number of benzene rings is 1. The number of esters is 1. The first-order valence-corrected chi connectivity index (χ1v) is 7.82. The minimum Gasteiger partial charge on any atom is -0.461 e. The third-order valence-electron chi connectivity index (χ3n) is 2.76. The van der Waals surface area contributed by atoms with E-state index in [1.54, 1.807) is 23.4 Å². The number of rotatable bonds is 6. The summed E-state index contributed by atoms with van der Waals surface area (Å²) in [6, 6.07) is 9.67. The molecule has 0 radical (unpaired) electrons. The Hall–Kier alpha value is -1.82. The lowest BCUT2D eigenvalue weighted by molar-refractivity contribution is 0.0520. The molecule has 0 atom stereocenters. The topological polar surface area (TPSA) is 57.0 Å². The molecule has 0 aliphatic heterocycles. The predicted molar refractivity (Wildman–Crippen MR) is 79.8 cm³/mol. The molecule has 0 unspecified atom stereocenters. The molecule has 1 aromatic heterocycles.